The van der Waals surface area contributed by atoms with Gasteiger partial charge in [0.1, 0.15) is 18.0 Å². The van der Waals surface area contributed by atoms with E-state index >= 15 is 0 Å². The van der Waals surface area contributed by atoms with E-state index in [4.69, 9.17) is 19.4 Å². The van der Waals surface area contributed by atoms with Crippen molar-refractivity contribution >= 4 is 11.7 Å². The minimum Gasteiger partial charge on any atom is -0.491 e. The summed E-state index contributed by atoms with van der Waals surface area (Å²) in [5.41, 5.74) is 0.0283. The Hall–Kier alpha value is -2.14. The number of methoxy groups -OCH3 is 1. The highest BCUT2D eigenvalue weighted by Crippen LogP contribution is 2.28. The second-order valence-corrected chi connectivity index (χ2v) is 5.12. The number of alkyl halides is 3. The molecule has 148 valence electrons. The summed E-state index contributed by atoms with van der Waals surface area (Å²) in [7, 11) is 1.54. The SMILES string of the molecule is COCCOc1cc(F)c(N2CCNCC2)c(F)c1.O=C(O)C(F)(F)F. The van der Waals surface area contributed by atoms with E-state index in [2.05, 4.69) is 5.32 Å². The maximum atomic E-state index is 14.0. The summed E-state index contributed by atoms with van der Waals surface area (Å²) < 4.78 is 69.7. The lowest BCUT2D eigenvalue weighted by molar-refractivity contribution is -0.192. The van der Waals surface area contributed by atoms with E-state index in [0.29, 0.717) is 19.7 Å². The number of nitrogens with zero attached hydrogens (tertiary/aromatic N) is 1. The Morgan fingerprint density at radius 3 is 2.12 bits per heavy atom. The van der Waals surface area contributed by atoms with Crippen molar-refractivity contribution in [3.63, 3.8) is 0 Å². The van der Waals surface area contributed by atoms with Gasteiger partial charge in [-0.25, -0.2) is 13.6 Å². The Bertz CT molecular complexity index is 569. The molecule has 0 aromatic heterocycles. The van der Waals surface area contributed by atoms with Crippen LogP contribution in [-0.4, -0.2) is 63.8 Å². The van der Waals surface area contributed by atoms with Crippen molar-refractivity contribution < 1.29 is 41.3 Å². The van der Waals surface area contributed by atoms with Gasteiger partial charge < -0.3 is 24.8 Å². The van der Waals surface area contributed by atoms with Crippen molar-refractivity contribution in [2.75, 3.05) is 51.4 Å². The van der Waals surface area contributed by atoms with E-state index in [-0.39, 0.29) is 18.0 Å². The fourth-order valence-electron chi connectivity index (χ4n) is 2.06. The van der Waals surface area contributed by atoms with E-state index in [1.165, 1.54) is 19.2 Å². The van der Waals surface area contributed by atoms with Gasteiger partial charge in [-0.2, -0.15) is 13.2 Å². The zero-order chi connectivity index (χ0) is 19.7. The quantitative estimate of drug-likeness (QED) is 0.596. The Morgan fingerprint density at radius 1 is 1.19 bits per heavy atom. The van der Waals surface area contributed by atoms with E-state index < -0.39 is 23.8 Å². The number of nitrogens with one attached hydrogen (secondary N) is 1. The van der Waals surface area contributed by atoms with Gasteiger partial charge in [0.25, 0.3) is 0 Å². The highest BCUT2D eigenvalue weighted by molar-refractivity contribution is 5.73. The number of hydrogen-bond acceptors (Lipinski definition) is 5. The number of halogens is 5. The average Bonchev–Trinajstić information content (AvgIpc) is 2.55. The average molecular weight is 386 g/mol. The first kappa shape index (κ1) is 21.9. The standard InChI is InChI=1S/C13H18F2N2O2.C2HF3O2/c1-18-6-7-19-10-8-11(14)13(12(15)9-10)17-4-2-16-3-5-17;3-2(4,5)1(6)7/h8-9,16H,2-7H2,1H3;(H,6,7). The maximum absolute atomic E-state index is 14.0. The Morgan fingerprint density at radius 2 is 1.69 bits per heavy atom. The molecule has 0 atom stereocenters. The molecule has 0 saturated carbocycles. The van der Waals surface area contributed by atoms with E-state index in [9.17, 15) is 22.0 Å². The van der Waals surface area contributed by atoms with Crippen LogP contribution in [0.3, 0.4) is 0 Å². The molecule has 0 unspecified atom stereocenters. The smallest absolute Gasteiger partial charge is 0.490 e. The number of ether oxygens (including phenoxy) is 2. The molecule has 0 amide bonds. The molecule has 11 heteroatoms. The number of carbonyl (C=O) groups is 1. The maximum Gasteiger partial charge on any atom is 0.490 e. The zero-order valence-electron chi connectivity index (χ0n) is 13.9. The summed E-state index contributed by atoms with van der Waals surface area (Å²) >= 11 is 0. The van der Waals surface area contributed by atoms with Gasteiger partial charge in [0, 0.05) is 45.4 Å². The van der Waals surface area contributed by atoms with Crippen molar-refractivity contribution in [2.45, 2.75) is 6.18 Å². The first-order chi connectivity index (χ1) is 12.2. The van der Waals surface area contributed by atoms with Crippen LogP contribution >= 0.6 is 0 Å². The second kappa shape index (κ2) is 10.1. The topological polar surface area (TPSA) is 71.0 Å². The summed E-state index contributed by atoms with van der Waals surface area (Å²) in [5, 5.41) is 10.3. The molecule has 1 aliphatic rings. The molecule has 2 rings (SSSR count). The van der Waals surface area contributed by atoms with Gasteiger partial charge in [-0.15, -0.1) is 0 Å². The lowest BCUT2D eigenvalue weighted by Gasteiger charge is -2.30. The highest BCUT2D eigenvalue weighted by atomic mass is 19.4. The predicted octanol–water partition coefficient (Wildman–Crippen LogP) is 2.03. The first-order valence-electron chi connectivity index (χ1n) is 7.53. The number of anilines is 1. The van der Waals surface area contributed by atoms with Crippen LogP contribution in [-0.2, 0) is 9.53 Å². The van der Waals surface area contributed by atoms with Gasteiger partial charge in [-0.3, -0.25) is 0 Å². The normalized spacial score (nSPS) is 14.5. The molecule has 0 bridgehead atoms. The molecule has 1 aromatic rings. The van der Waals surface area contributed by atoms with Crippen LogP contribution in [0.5, 0.6) is 5.75 Å². The van der Waals surface area contributed by atoms with Crippen molar-refractivity contribution in [1.82, 2.24) is 5.32 Å². The Labute approximate surface area is 146 Å². The third-order valence-corrected chi connectivity index (χ3v) is 3.22. The van der Waals surface area contributed by atoms with Gasteiger partial charge in [0.2, 0.25) is 0 Å². The number of piperazine rings is 1. The minimum absolute atomic E-state index is 0.0283. The third-order valence-electron chi connectivity index (χ3n) is 3.22. The van der Waals surface area contributed by atoms with Gasteiger partial charge in [0.15, 0.2) is 11.6 Å². The van der Waals surface area contributed by atoms with Crippen LogP contribution in [0.15, 0.2) is 12.1 Å². The van der Waals surface area contributed by atoms with Crippen LogP contribution in [0.1, 0.15) is 0 Å². The van der Waals surface area contributed by atoms with Crippen molar-refractivity contribution in [1.29, 1.82) is 0 Å². The van der Waals surface area contributed by atoms with Gasteiger partial charge in [0.05, 0.1) is 6.61 Å². The van der Waals surface area contributed by atoms with E-state index in [1.807, 2.05) is 0 Å². The van der Waals surface area contributed by atoms with Crippen molar-refractivity contribution in [2.24, 2.45) is 0 Å². The molecule has 26 heavy (non-hydrogen) atoms. The number of carboxylic acids is 1. The van der Waals surface area contributed by atoms with Crippen molar-refractivity contribution in [3.05, 3.63) is 23.8 Å². The predicted molar refractivity (Wildman–Crippen MR) is 82.5 cm³/mol. The summed E-state index contributed by atoms with van der Waals surface area (Å²) in [6.07, 6.45) is -5.08. The summed E-state index contributed by atoms with van der Waals surface area (Å²) in [6.45, 7) is 3.29. The van der Waals surface area contributed by atoms with E-state index in [0.717, 1.165) is 13.1 Å². The summed E-state index contributed by atoms with van der Waals surface area (Å²) in [4.78, 5) is 10.6. The number of aliphatic carboxylic acids is 1. The lowest BCUT2D eigenvalue weighted by Crippen LogP contribution is -2.44. The number of benzene rings is 1. The minimum atomic E-state index is -5.08. The van der Waals surface area contributed by atoms with Crippen LogP contribution in [0.4, 0.5) is 27.6 Å². The molecule has 0 radical (unpaired) electrons. The van der Waals surface area contributed by atoms with Crippen molar-refractivity contribution in [3.8, 4) is 5.75 Å². The van der Waals surface area contributed by atoms with Crippen LogP contribution < -0.4 is 15.0 Å². The number of hydrogen-bond donors (Lipinski definition) is 2. The molecule has 1 heterocycles. The molecule has 6 nitrogen and oxygen atoms in total. The molecular weight excluding hydrogens is 367 g/mol. The molecule has 1 aromatic carbocycles. The Kier molecular flexibility index (Phi) is 8.52. The molecule has 1 fully saturated rings. The molecular formula is C15H19F5N2O4. The summed E-state index contributed by atoms with van der Waals surface area (Å²) in [6, 6.07) is 2.44. The summed E-state index contributed by atoms with van der Waals surface area (Å²) in [5.74, 6) is -3.75. The fraction of sp³-hybridized carbons (Fsp3) is 0.533. The molecule has 1 aliphatic heterocycles. The fourth-order valence-corrected chi connectivity index (χ4v) is 2.06. The van der Waals surface area contributed by atoms with E-state index in [1.54, 1.807) is 4.90 Å². The molecule has 1 saturated heterocycles. The molecule has 0 aliphatic carbocycles. The van der Waals surface area contributed by atoms with Gasteiger partial charge >= 0.3 is 12.1 Å². The lowest BCUT2D eigenvalue weighted by atomic mass is 10.2. The highest BCUT2D eigenvalue weighted by Gasteiger charge is 2.38. The Balaban J connectivity index is 0.000000412. The largest absolute Gasteiger partial charge is 0.491 e. The van der Waals surface area contributed by atoms with Gasteiger partial charge in [-0.05, 0) is 0 Å². The van der Waals surface area contributed by atoms with Crippen LogP contribution in [0.2, 0.25) is 0 Å². The monoisotopic (exact) mass is 386 g/mol. The first-order valence-corrected chi connectivity index (χ1v) is 7.53. The molecule has 2 N–H and O–H groups in total. The number of rotatable bonds is 5. The zero-order valence-corrected chi connectivity index (χ0v) is 13.9. The third kappa shape index (κ3) is 7.00. The molecule has 0 spiro atoms. The van der Waals surface area contributed by atoms with Gasteiger partial charge in [-0.1, -0.05) is 0 Å². The van der Waals surface area contributed by atoms with Crippen LogP contribution in [0.25, 0.3) is 0 Å². The number of carboxylic acid groups (broad SMARTS) is 1. The van der Waals surface area contributed by atoms with Crippen LogP contribution in [0, 0.1) is 11.6 Å². The second-order valence-electron chi connectivity index (χ2n) is 5.12.